The first-order chi connectivity index (χ1) is 11.0. The number of H-pyrrole nitrogens is 2. The number of aromatic amines is 2. The fourth-order valence-corrected chi connectivity index (χ4v) is 2.90. The van der Waals surface area contributed by atoms with Gasteiger partial charge in [-0.3, -0.25) is 14.6 Å². The van der Waals surface area contributed by atoms with E-state index in [4.69, 9.17) is 0 Å². The van der Waals surface area contributed by atoms with E-state index in [1.54, 1.807) is 0 Å². The predicted octanol–water partition coefficient (Wildman–Crippen LogP) is 1.53. The summed E-state index contributed by atoms with van der Waals surface area (Å²) in [6, 6.07) is 7.58. The van der Waals surface area contributed by atoms with E-state index in [0.717, 1.165) is 29.4 Å². The molecule has 0 saturated carbocycles. The van der Waals surface area contributed by atoms with Crippen molar-refractivity contribution < 1.29 is 4.79 Å². The number of aryl methyl sites for hydroxylation is 1. The number of amides is 1. The molecule has 2 aromatic rings. The minimum Gasteiger partial charge on any atom is -0.325 e. The Kier molecular flexibility index (Phi) is 5.75. The monoisotopic (exact) mass is 334 g/mol. The van der Waals surface area contributed by atoms with Crippen LogP contribution in [0.1, 0.15) is 25.8 Å². The predicted molar refractivity (Wildman–Crippen MR) is 89.9 cm³/mol. The number of thioether (sulfide) groups is 1. The van der Waals surface area contributed by atoms with Gasteiger partial charge in [-0.2, -0.15) is 5.10 Å². The molecule has 1 heterocycles. The molecule has 2 rings (SSSR count). The number of anilines is 1. The Balaban J connectivity index is 2.15. The van der Waals surface area contributed by atoms with E-state index in [0.29, 0.717) is 6.42 Å². The SMILES string of the molecule is CCc1ccccc1NC(=O)[C@H](CC)Sc1n[nH]c(=O)[nH]c1=O. The average Bonchev–Trinajstić information content (AvgIpc) is 2.54. The summed E-state index contributed by atoms with van der Waals surface area (Å²) in [7, 11) is 0. The van der Waals surface area contributed by atoms with Crippen LogP contribution in [0.2, 0.25) is 0 Å². The van der Waals surface area contributed by atoms with Crippen molar-refractivity contribution in [3.63, 3.8) is 0 Å². The number of nitrogens with zero attached hydrogens (tertiary/aromatic N) is 1. The summed E-state index contributed by atoms with van der Waals surface area (Å²) >= 11 is 1.03. The summed E-state index contributed by atoms with van der Waals surface area (Å²) in [6.07, 6.45) is 1.33. The number of carbonyl (C=O) groups excluding carboxylic acids is 1. The Hall–Kier alpha value is -2.35. The number of para-hydroxylation sites is 1. The zero-order valence-electron chi connectivity index (χ0n) is 12.9. The largest absolute Gasteiger partial charge is 0.342 e. The van der Waals surface area contributed by atoms with E-state index in [-0.39, 0.29) is 10.9 Å². The van der Waals surface area contributed by atoms with E-state index in [1.807, 2.05) is 38.1 Å². The van der Waals surface area contributed by atoms with Crippen LogP contribution in [0.15, 0.2) is 38.9 Å². The van der Waals surface area contributed by atoms with Crippen molar-refractivity contribution in [2.24, 2.45) is 0 Å². The van der Waals surface area contributed by atoms with Crippen molar-refractivity contribution in [1.29, 1.82) is 0 Å². The summed E-state index contributed by atoms with van der Waals surface area (Å²) in [5, 5.41) is 8.32. The molecule has 0 aliphatic rings. The van der Waals surface area contributed by atoms with Crippen molar-refractivity contribution in [2.45, 2.75) is 37.0 Å². The number of hydrogen-bond donors (Lipinski definition) is 3. The lowest BCUT2D eigenvalue weighted by Crippen LogP contribution is -2.29. The van der Waals surface area contributed by atoms with Crippen LogP contribution in [-0.2, 0) is 11.2 Å². The van der Waals surface area contributed by atoms with Gasteiger partial charge in [-0.15, -0.1) is 0 Å². The summed E-state index contributed by atoms with van der Waals surface area (Å²) in [5.41, 5.74) is 0.538. The van der Waals surface area contributed by atoms with Crippen LogP contribution in [-0.4, -0.2) is 26.3 Å². The van der Waals surface area contributed by atoms with E-state index in [1.165, 1.54) is 0 Å². The molecule has 7 nitrogen and oxygen atoms in total. The molecule has 0 fully saturated rings. The van der Waals surface area contributed by atoms with Gasteiger partial charge in [0.15, 0.2) is 5.03 Å². The first kappa shape index (κ1) is 17.0. The highest BCUT2D eigenvalue weighted by molar-refractivity contribution is 8.00. The Morgan fingerprint density at radius 3 is 2.70 bits per heavy atom. The fraction of sp³-hybridized carbons (Fsp3) is 0.333. The lowest BCUT2D eigenvalue weighted by atomic mass is 10.1. The minimum atomic E-state index is -0.672. The maximum absolute atomic E-state index is 12.5. The van der Waals surface area contributed by atoms with Gasteiger partial charge in [0, 0.05) is 5.69 Å². The maximum atomic E-state index is 12.5. The molecule has 3 N–H and O–H groups in total. The zero-order valence-corrected chi connectivity index (χ0v) is 13.7. The molecule has 1 amide bonds. The molecule has 1 aromatic heterocycles. The number of rotatable bonds is 6. The summed E-state index contributed by atoms with van der Waals surface area (Å²) in [5.74, 6) is -0.203. The van der Waals surface area contributed by atoms with Crippen LogP contribution in [0.25, 0.3) is 0 Å². The van der Waals surface area contributed by atoms with Gasteiger partial charge in [0.25, 0.3) is 5.56 Å². The van der Waals surface area contributed by atoms with Crippen LogP contribution in [0, 0.1) is 0 Å². The van der Waals surface area contributed by atoms with Gasteiger partial charge in [-0.1, -0.05) is 43.8 Å². The molecule has 1 atom stereocenters. The number of hydrogen-bond acceptors (Lipinski definition) is 5. The molecular weight excluding hydrogens is 316 g/mol. The number of nitrogens with one attached hydrogen (secondary N) is 3. The van der Waals surface area contributed by atoms with Gasteiger partial charge in [-0.05, 0) is 24.5 Å². The van der Waals surface area contributed by atoms with Crippen LogP contribution in [0.3, 0.4) is 0 Å². The third-order valence-electron chi connectivity index (χ3n) is 3.25. The second kappa shape index (κ2) is 7.77. The zero-order chi connectivity index (χ0) is 16.8. The van der Waals surface area contributed by atoms with E-state index in [2.05, 4.69) is 20.5 Å². The first-order valence-electron chi connectivity index (χ1n) is 7.29. The number of benzene rings is 1. The summed E-state index contributed by atoms with van der Waals surface area (Å²) < 4.78 is 0. The van der Waals surface area contributed by atoms with Gasteiger partial charge < -0.3 is 5.32 Å². The summed E-state index contributed by atoms with van der Waals surface area (Å²) in [4.78, 5) is 37.2. The van der Waals surface area contributed by atoms with Crippen molar-refractivity contribution in [3.8, 4) is 0 Å². The van der Waals surface area contributed by atoms with Crippen LogP contribution >= 0.6 is 11.8 Å². The minimum absolute atomic E-state index is 0.0652. The Labute approximate surface area is 136 Å². The molecule has 1 aromatic carbocycles. The molecule has 0 radical (unpaired) electrons. The third-order valence-corrected chi connectivity index (χ3v) is 4.59. The lowest BCUT2D eigenvalue weighted by molar-refractivity contribution is -0.115. The third kappa shape index (κ3) is 4.32. The van der Waals surface area contributed by atoms with Crippen LogP contribution in [0.4, 0.5) is 5.69 Å². The van der Waals surface area contributed by atoms with Crippen molar-refractivity contribution in [3.05, 3.63) is 50.7 Å². The second-order valence-corrected chi connectivity index (χ2v) is 6.02. The van der Waals surface area contributed by atoms with E-state index in [9.17, 15) is 14.4 Å². The normalized spacial score (nSPS) is 11.9. The summed E-state index contributed by atoms with van der Waals surface area (Å²) in [6.45, 7) is 3.86. The molecule has 0 aliphatic carbocycles. The van der Waals surface area contributed by atoms with Crippen molar-refractivity contribution in [1.82, 2.24) is 15.2 Å². The molecule has 122 valence electrons. The second-order valence-electron chi connectivity index (χ2n) is 4.83. The van der Waals surface area contributed by atoms with Crippen LogP contribution < -0.4 is 16.6 Å². The molecule has 0 spiro atoms. The van der Waals surface area contributed by atoms with Gasteiger partial charge in [0.2, 0.25) is 5.91 Å². The highest BCUT2D eigenvalue weighted by atomic mass is 32.2. The Morgan fingerprint density at radius 1 is 1.30 bits per heavy atom. The fourth-order valence-electron chi connectivity index (χ4n) is 2.04. The maximum Gasteiger partial charge on any atom is 0.342 e. The number of carbonyl (C=O) groups is 1. The molecule has 23 heavy (non-hydrogen) atoms. The highest BCUT2D eigenvalue weighted by Crippen LogP contribution is 2.23. The first-order valence-corrected chi connectivity index (χ1v) is 8.17. The van der Waals surface area contributed by atoms with E-state index >= 15 is 0 Å². The highest BCUT2D eigenvalue weighted by Gasteiger charge is 2.21. The van der Waals surface area contributed by atoms with Crippen LogP contribution in [0.5, 0.6) is 0 Å². The molecule has 8 heteroatoms. The average molecular weight is 334 g/mol. The van der Waals surface area contributed by atoms with Crippen molar-refractivity contribution >= 4 is 23.4 Å². The standard InChI is InChI=1S/C15H18N4O3S/c1-3-9-7-5-6-8-10(9)16-12(20)11(4-2)23-14-13(21)17-15(22)19-18-14/h5-8,11H,3-4H2,1-2H3,(H,16,20)(H2,17,19,21,22)/t11-/m0/s1. The topological polar surface area (TPSA) is 108 Å². The smallest absolute Gasteiger partial charge is 0.325 e. The molecular formula is C15H18N4O3S. The molecule has 0 aliphatic heterocycles. The Bertz CT molecular complexity index is 800. The van der Waals surface area contributed by atoms with Gasteiger partial charge in [0.1, 0.15) is 0 Å². The van der Waals surface area contributed by atoms with Crippen molar-refractivity contribution in [2.75, 3.05) is 5.32 Å². The molecule has 0 saturated heterocycles. The lowest BCUT2D eigenvalue weighted by Gasteiger charge is -2.15. The van der Waals surface area contributed by atoms with Gasteiger partial charge >= 0.3 is 5.69 Å². The molecule has 0 bridgehead atoms. The van der Waals surface area contributed by atoms with E-state index < -0.39 is 16.5 Å². The molecule has 0 unspecified atom stereocenters. The Morgan fingerprint density at radius 2 is 2.04 bits per heavy atom. The quantitative estimate of drug-likeness (QED) is 0.694. The van der Waals surface area contributed by atoms with Gasteiger partial charge in [-0.25, -0.2) is 9.89 Å². The number of aromatic nitrogens is 3. The van der Waals surface area contributed by atoms with Gasteiger partial charge in [0.05, 0.1) is 5.25 Å².